The molecule has 0 aromatic heterocycles. The second-order valence-electron chi connectivity index (χ2n) is 6.38. The fourth-order valence-electron chi connectivity index (χ4n) is 2.72. The van der Waals surface area contributed by atoms with E-state index in [1.54, 1.807) is 0 Å². The fourth-order valence-corrected chi connectivity index (χ4v) is 5.17. The molecule has 23 heavy (non-hydrogen) atoms. The van der Waals surface area contributed by atoms with Gasteiger partial charge in [-0.2, -0.15) is 0 Å². The van der Waals surface area contributed by atoms with Gasteiger partial charge in [-0.1, -0.05) is 71.5 Å². The summed E-state index contributed by atoms with van der Waals surface area (Å²) in [5.74, 6) is 3.39. The van der Waals surface area contributed by atoms with Crippen molar-refractivity contribution in [2.24, 2.45) is 0 Å². The minimum Gasteiger partial charge on any atom is -0.392 e. The average molecular weight is 335 g/mol. The van der Waals surface area contributed by atoms with Gasteiger partial charge in [-0.3, -0.25) is 0 Å². The molecule has 0 fully saturated rings. The summed E-state index contributed by atoms with van der Waals surface area (Å²) in [6.07, 6.45) is 15.1. The van der Waals surface area contributed by atoms with Gasteiger partial charge in [0.1, 0.15) is 8.07 Å². The minimum atomic E-state index is -1.39. The van der Waals surface area contributed by atoms with Crippen molar-refractivity contribution in [3.8, 4) is 11.5 Å². The van der Waals surface area contributed by atoms with Crippen LogP contribution in [0.3, 0.4) is 0 Å². The lowest BCUT2D eigenvalue weighted by molar-refractivity contribution is 0.342. The van der Waals surface area contributed by atoms with Gasteiger partial charge in [-0.25, -0.2) is 0 Å². The van der Waals surface area contributed by atoms with Crippen LogP contribution in [0.5, 0.6) is 0 Å². The van der Waals surface area contributed by atoms with Gasteiger partial charge in [0.05, 0.1) is 6.61 Å². The Morgan fingerprint density at radius 2 is 1.57 bits per heavy atom. The van der Waals surface area contributed by atoms with Gasteiger partial charge in [0, 0.05) is 5.57 Å². The number of aliphatic hydroxyl groups excluding tert-OH is 1. The first-order valence-corrected chi connectivity index (χ1v) is 12.3. The molecule has 0 radical (unpaired) electrons. The zero-order valence-electron chi connectivity index (χ0n) is 16.0. The summed E-state index contributed by atoms with van der Waals surface area (Å²) in [6, 6.07) is 3.69. The van der Waals surface area contributed by atoms with Gasteiger partial charge in [-0.05, 0) is 43.5 Å². The normalized spacial score (nSPS) is 12.5. The quantitative estimate of drug-likeness (QED) is 0.193. The molecule has 0 amide bonds. The predicted molar refractivity (Wildman–Crippen MR) is 107 cm³/mol. The zero-order chi connectivity index (χ0) is 17.4. The molecule has 0 saturated carbocycles. The van der Waals surface area contributed by atoms with Crippen LogP contribution in [-0.2, 0) is 0 Å². The van der Waals surface area contributed by atoms with Crippen molar-refractivity contribution in [2.45, 2.75) is 90.8 Å². The molecule has 2 heteroatoms. The fraction of sp³-hybridized carbons (Fsp3) is 0.714. The molecule has 0 aliphatic heterocycles. The minimum absolute atomic E-state index is 0.0911. The number of unbranched alkanes of at least 4 members (excludes halogenated alkanes) is 5. The highest BCUT2D eigenvalue weighted by Crippen LogP contribution is 2.19. The molecule has 0 saturated heterocycles. The first-order chi connectivity index (χ1) is 11.2. The van der Waals surface area contributed by atoms with E-state index < -0.39 is 8.07 Å². The van der Waals surface area contributed by atoms with Gasteiger partial charge in [0.25, 0.3) is 0 Å². The Labute approximate surface area is 146 Å². The standard InChI is InChI=1S/C21H38OSi/c1-5-9-10-11-12-13-14-15-16-21(17-19-22)18-20-23(6-2,7-3)8-4/h14-15,17,22H,5-13,16,19H2,1-4H3/b15-14+,21-17-. The van der Waals surface area contributed by atoms with Crippen LogP contribution >= 0.6 is 0 Å². The molecule has 0 bridgehead atoms. The molecule has 0 aromatic rings. The summed E-state index contributed by atoms with van der Waals surface area (Å²) in [5.41, 5.74) is 4.70. The van der Waals surface area contributed by atoms with Crippen LogP contribution in [0, 0.1) is 11.5 Å². The number of aliphatic hydroxyl groups is 1. The largest absolute Gasteiger partial charge is 0.392 e. The highest BCUT2D eigenvalue weighted by atomic mass is 28.3. The van der Waals surface area contributed by atoms with Gasteiger partial charge in [-0.15, -0.1) is 5.54 Å². The van der Waals surface area contributed by atoms with Gasteiger partial charge < -0.3 is 5.11 Å². The van der Waals surface area contributed by atoms with E-state index in [2.05, 4.69) is 51.3 Å². The monoisotopic (exact) mass is 334 g/mol. The Hall–Kier alpha value is -0.783. The highest BCUT2D eigenvalue weighted by Gasteiger charge is 2.24. The molecular formula is C21H38OSi. The molecule has 132 valence electrons. The third kappa shape index (κ3) is 10.6. The molecule has 0 spiro atoms. The Bertz CT molecular complexity index is 386. The third-order valence-corrected chi connectivity index (χ3v) is 9.55. The van der Waals surface area contributed by atoms with Gasteiger partial charge >= 0.3 is 0 Å². The molecule has 0 aromatic carbocycles. The van der Waals surface area contributed by atoms with Crippen LogP contribution in [0.2, 0.25) is 18.1 Å². The zero-order valence-corrected chi connectivity index (χ0v) is 17.0. The molecule has 0 rings (SSSR count). The van der Waals surface area contributed by atoms with E-state index in [4.69, 9.17) is 0 Å². The summed E-state index contributed by atoms with van der Waals surface area (Å²) in [7, 11) is -1.39. The predicted octanol–water partition coefficient (Wildman–Crippen LogP) is 6.26. The second kappa shape index (κ2) is 14.8. The van der Waals surface area contributed by atoms with Crippen molar-refractivity contribution in [1.82, 2.24) is 0 Å². The van der Waals surface area contributed by atoms with Gasteiger partial charge in [0.15, 0.2) is 0 Å². The Kier molecular flexibility index (Phi) is 14.3. The lowest BCUT2D eigenvalue weighted by Crippen LogP contribution is -2.29. The second-order valence-corrected chi connectivity index (χ2v) is 11.3. The first-order valence-electron chi connectivity index (χ1n) is 9.66. The Morgan fingerprint density at radius 3 is 2.13 bits per heavy atom. The van der Waals surface area contributed by atoms with Crippen molar-refractivity contribution >= 4 is 8.07 Å². The number of hydrogen-bond acceptors (Lipinski definition) is 1. The van der Waals surface area contributed by atoms with E-state index in [9.17, 15) is 5.11 Å². The average Bonchev–Trinajstić information content (AvgIpc) is 2.58. The smallest absolute Gasteiger partial charge is 0.138 e. The SMILES string of the molecule is CCCCCCC/C=C/C/C(C#C[Si](CC)(CC)CC)=C/CO. The number of hydrogen-bond donors (Lipinski definition) is 1. The van der Waals surface area contributed by atoms with E-state index in [1.807, 2.05) is 6.08 Å². The molecule has 0 atom stereocenters. The van der Waals surface area contributed by atoms with E-state index in [-0.39, 0.29) is 6.61 Å². The highest BCUT2D eigenvalue weighted by molar-refractivity contribution is 6.87. The van der Waals surface area contributed by atoms with Crippen molar-refractivity contribution in [2.75, 3.05) is 6.61 Å². The summed E-state index contributed by atoms with van der Waals surface area (Å²) >= 11 is 0. The number of allylic oxidation sites excluding steroid dienone is 3. The molecular weight excluding hydrogens is 296 g/mol. The maximum absolute atomic E-state index is 9.20. The van der Waals surface area contributed by atoms with E-state index in [0.29, 0.717) is 0 Å². The van der Waals surface area contributed by atoms with Crippen LogP contribution in [0.4, 0.5) is 0 Å². The lowest BCUT2D eigenvalue weighted by Gasteiger charge is -2.20. The Balaban J connectivity index is 4.41. The molecule has 0 aliphatic rings. The molecule has 0 unspecified atom stereocenters. The third-order valence-electron chi connectivity index (χ3n) is 4.84. The first kappa shape index (κ1) is 22.2. The summed E-state index contributed by atoms with van der Waals surface area (Å²) < 4.78 is 0. The Morgan fingerprint density at radius 1 is 0.913 bits per heavy atom. The summed E-state index contributed by atoms with van der Waals surface area (Å²) in [6.45, 7) is 9.18. The summed E-state index contributed by atoms with van der Waals surface area (Å²) in [4.78, 5) is 0. The molecule has 0 aliphatic carbocycles. The van der Waals surface area contributed by atoms with Crippen LogP contribution < -0.4 is 0 Å². The summed E-state index contributed by atoms with van der Waals surface area (Å²) in [5, 5.41) is 9.20. The van der Waals surface area contributed by atoms with Crippen LogP contribution in [0.15, 0.2) is 23.8 Å². The van der Waals surface area contributed by atoms with Gasteiger partial charge in [0.2, 0.25) is 0 Å². The van der Waals surface area contributed by atoms with E-state index >= 15 is 0 Å². The van der Waals surface area contributed by atoms with Crippen molar-refractivity contribution < 1.29 is 5.11 Å². The molecule has 1 nitrogen and oxygen atoms in total. The lowest BCUT2D eigenvalue weighted by atomic mass is 10.1. The molecule has 0 heterocycles. The van der Waals surface area contributed by atoms with Crippen LogP contribution in [0.1, 0.15) is 72.6 Å². The van der Waals surface area contributed by atoms with Crippen molar-refractivity contribution in [3.05, 3.63) is 23.8 Å². The van der Waals surface area contributed by atoms with Crippen LogP contribution in [-0.4, -0.2) is 19.8 Å². The maximum atomic E-state index is 9.20. The topological polar surface area (TPSA) is 20.2 Å². The number of rotatable bonds is 12. The van der Waals surface area contributed by atoms with E-state index in [1.165, 1.54) is 56.7 Å². The van der Waals surface area contributed by atoms with Crippen molar-refractivity contribution in [3.63, 3.8) is 0 Å². The molecule has 1 N–H and O–H groups in total. The van der Waals surface area contributed by atoms with Crippen LogP contribution in [0.25, 0.3) is 0 Å². The maximum Gasteiger partial charge on any atom is 0.138 e. The van der Waals surface area contributed by atoms with Crippen molar-refractivity contribution in [1.29, 1.82) is 0 Å². The van der Waals surface area contributed by atoms with E-state index in [0.717, 1.165) is 12.0 Å².